The van der Waals surface area contributed by atoms with Gasteiger partial charge in [0.2, 0.25) is 0 Å². The number of hydrogen-bond donors (Lipinski definition) is 1. The Morgan fingerprint density at radius 3 is 2.47 bits per heavy atom. The molecule has 0 aromatic heterocycles. The summed E-state index contributed by atoms with van der Waals surface area (Å²) < 4.78 is 0. The van der Waals surface area contributed by atoms with Crippen LogP contribution in [-0.2, 0) is 0 Å². The van der Waals surface area contributed by atoms with E-state index in [2.05, 4.69) is 27.7 Å². The van der Waals surface area contributed by atoms with E-state index < -0.39 is 0 Å². The summed E-state index contributed by atoms with van der Waals surface area (Å²) in [6, 6.07) is 0. The number of allylic oxidation sites excluding steroid dienone is 1. The third kappa shape index (κ3) is 2.63. The van der Waals surface area contributed by atoms with E-state index in [1.165, 1.54) is 12.8 Å². The molecule has 1 heteroatoms. The first-order valence-electron chi connectivity index (χ1n) is 6.21. The highest BCUT2D eigenvalue weighted by molar-refractivity contribution is 5.00. The Labute approximate surface area is 94.6 Å². The van der Waals surface area contributed by atoms with Gasteiger partial charge in [-0.1, -0.05) is 39.8 Å². The molecule has 4 atom stereocenters. The van der Waals surface area contributed by atoms with Gasteiger partial charge in [-0.2, -0.15) is 0 Å². The molecule has 1 fully saturated rings. The fraction of sp³-hybridized carbons (Fsp3) is 0.857. The zero-order valence-electron chi connectivity index (χ0n) is 10.8. The lowest BCUT2D eigenvalue weighted by Crippen LogP contribution is -2.43. The second kappa shape index (κ2) is 4.69. The zero-order valence-corrected chi connectivity index (χ0v) is 10.8. The fourth-order valence-electron chi connectivity index (χ4n) is 3.19. The fourth-order valence-corrected chi connectivity index (χ4v) is 3.19. The average Bonchev–Trinajstić information content (AvgIpc) is 2.12. The monoisotopic (exact) mass is 210 g/mol. The zero-order chi connectivity index (χ0) is 11.6. The molecule has 88 valence electrons. The van der Waals surface area contributed by atoms with Crippen molar-refractivity contribution in [1.82, 2.24) is 0 Å². The van der Waals surface area contributed by atoms with Crippen LogP contribution in [0.3, 0.4) is 0 Å². The van der Waals surface area contributed by atoms with Crippen LogP contribution in [0.15, 0.2) is 12.2 Å². The van der Waals surface area contributed by atoms with Gasteiger partial charge in [0.15, 0.2) is 0 Å². The van der Waals surface area contributed by atoms with Gasteiger partial charge in [0.25, 0.3) is 0 Å². The Hall–Kier alpha value is -0.300. The topological polar surface area (TPSA) is 20.2 Å². The largest absolute Gasteiger partial charge is 0.389 e. The highest BCUT2D eigenvalue weighted by Crippen LogP contribution is 2.48. The first-order valence-corrected chi connectivity index (χ1v) is 6.21. The minimum absolute atomic E-state index is 0.269. The molecular formula is C14H26O. The van der Waals surface area contributed by atoms with Crippen LogP contribution in [0, 0.1) is 23.2 Å². The molecule has 15 heavy (non-hydrogen) atoms. The van der Waals surface area contributed by atoms with E-state index in [0.717, 1.165) is 5.92 Å². The van der Waals surface area contributed by atoms with Crippen molar-refractivity contribution in [2.75, 3.05) is 0 Å². The van der Waals surface area contributed by atoms with Crippen LogP contribution in [0.25, 0.3) is 0 Å². The molecule has 0 aliphatic heterocycles. The van der Waals surface area contributed by atoms with Crippen LogP contribution in [0.2, 0.25) is 0 Å². The van der Waals surface area contributed by atoms with E-state index in [4.69, 9.17) is 0 Å². The lowest BCUT2D eigenvalue weighted by Gasteiger charge is -2.47. The van der Waals surface area contributed by atoms with E-state index in [-0.39, 0.29) is 11.5 Å². The van der Waals surface area contributed by atoms with E-state index in [1.54, 1.807) is 0 Å². The quantitative estimate of drug-likeness (QED) is 0.690. The molecule has 0 radical (unpaired) electrons. The van der Waals surface area contributed by atoms with E-state index in [9.17, 15) is 5.11 Å². The predicted octanol–water partition coefficient (Wildman–Crippen LogP) is 3.63. The van der Waals surface area contributed by atoms with Crippen molar-refractivity contribution >= 4 is 0 Å². The molecule has 0 aromatic rings. The molecule has 0 spiro atoms. The van der Waals surface area contributed by atoms with Crippen LogP contribution < -0.4 is 0 Å². The minimum Gasteiger partial charge on any atom is -0.389 e. The van der Waals surface area contributed by atoms with Gasteiger partial charge in [-0.15, -0.1) is 0 Å². The number of aliphatic hydroxyl groups excluding tert-OH is 1. The lowest BCUT2D eigenvalue weighted by molar-refractivity contribution is -0.0275. The van der Waals surface area contributed by atoms with E-state index in [1.807, 2.05) is 19.1 Å². The van der Waals surface area contributed by atoms with Crippen LogP contribution >= 0.6 is 0 Å². The van der Waals surface area contributed by atoms with E-state index in [0.29, 0.717) is 11.8 Å². The first-order chi connectivity index (χ1) is 6.90. The van der Waals surface area contributed by atoms with Crippen molar-refractivity contribution in [2.45, 2.75) is 53.6 Å². The highest BCUT2D eigenvalue weighted by atomic mass is 16.3. The number of hydrogen-bond acceptors (Lipinski definition) is 1. The molecule has 1 nitrogen and oxygen atoms in total. The smallest absolute Gasteiger partial charge is 0.0756 e. The van der Waals surface area contributed by atoms with Gasteiger partial charge in [0, 0.05) is 0 Å². The summed E-state index contributed by atoms with van der Waals surface area (Å²) in [7, 11) is 0. The van der Waals surface area contributed by atoms with Gasteiger partial charge in [-0.3, -0.25) is 0 Å². The standard InChI is InChI=1S/C14H26O/c1-6-7-12(15)13-11(3)10(2)8-9-14(13,4)5/h6-7,10-13,15H,8-9H2,1-5H3. The van der Waals surface area contributed by atoms with Crippen molar-refractivity contribution in [2.24, 2.45) is 23.2 Å². The average molecular weight is 210 g/mol. The second-order valence-corrected chi connectivity index (χ2v) is 5.91. The van der Waals surface area contributed by atoms with Gasteiger partial charge >= 0.3 is 0 Å². The maximum Gasteiger partial charge on any atom is 0.0756 e. The third-order valence-corrected chi connectivity index (χ3v) is 4.37. The summed E-state index contributed by atoms with van der Waals surface area (Å²) >= 11 is 0. The Bertz CT molecular complexity index is 229. The Balaban J connectivity index is 2.87. The lowest BCUT2D eigenvalue weighted by atomic mass is 9.59. The maximum absolute atomic E-state index is 10.2. The summed E-state index contributed by atoms with van der Waals surface area (Å²) in [5.41, 5.74) is 0.269. The van der Waals surface area contributed by atoms with Crippen molar-refractivity contribution in [1.29, 1.82) is 0 Å². The summed E-state index contributed by atoms with van der Waals surface area (Å²) in [6.45, 7) is 11.2. The molecular weight excluding hydrogens is 184 g/mol. The Morgan fingerprint density at radius 1 is 1.33 bits per heavy atom. The van der Waals surface area contributed by atoms with Crippen molar-refractivity contribution in [3.8, 4) is 0 Å². The molecule has 0 bridgehead atoms. The molecule has 0 aromatic carbocycles. The minimum atomic E-state index is -0.275. The summed E-state index contributed by atoms with van der Waals surface area (Å²) in [5, 5.41) is 10.2. The third-order valence-electron chi connectivity index (χ3n) is 4.37. The molecule has 0 amide bonds. The van der Waals surface area contributed by atoms with Gasteiger partial charge in [-0.25, -0.2) is 0 Å². The van der Waals surface area contributed by atoms with Crippen LogP contribution in [-0.4, -0.2) is 11.2 Å². The van der Waals surface area contributed by atoms with Gasteiger partial charge in [0.1, 0.15) is 0 Å². The van der Waals surface area contributed by atoms with Crippen molar-refractivity contribution < 1.29 is 5.11 Å². The molecule has 1 rings (SSSR count). The van der Waals surface area contributed by atoms with Crippen LogP contribution in [0.1, 0.15) is 47.5 Å². The first kappa shape index (κ1) is 12.8. The van der Waals surface area contributed by atoms with Crippen LogP contribution in [0.5, 0.6) is 0 Å². The molecule has 1 aliphatic carbocycles. The normalized spacial score (nSPS) is 38.1. The van der Waals surface area contributed by atoms with Gasteiger partial charge in [-0.05, 0) is 42.9 Å². The second-order valence-electron chi connectivity index (χ2n) is 5.91. The summed E-state index contributed by atoms with van der Waals surface area (Å²) in [4.78, 5) is 0. The number of rotatable bonds is 2. The summed E-state index contributed by atoms with van der Waals surface area (Å²) in [6.07, 6.45) is 6.17. The summed E-state index contributed by atoms with van der Waals surface area (Å²) in [5.74, 6) is 1.75. The highest BCUT2D eigenvalue weighted by Gasteiger charge is 2.42. The molecule has 1 saturated carbocycles. The van der Waals surface area contributed by atoms with E-state index >= 15 is 0 Å². The maximum atomic E-state index is 10.2. The van der Waals surface area contributed by atoms with Gasteiger partial charge in [0.05, 0.1) is 6.10 Å². The Morgan fingerprint density at radius 2 is 1.93 bits per heavy atom. The number of aliphatic hydroxyl groups is 1. The van der Waals surface area contributed by atoms with Crippen LogP contribution in [0.4, 0.5) is 0 Å². The van der Waals surface area contributed by atoms with Crippen molar-refractivity contribution in [3.05, 3.63) is 12.2 Å². The SMILES string of the molecule is CC=CC(O)C1C(C)C(C)CCC1(C)C. The van der Waals surface area contributed by atoms with Crippen molar-refractivity contribution in [3.63, 3.8) is 0 Å². The molecule has 1 N–H and O–H groups in total. The molecule has 4 unspecified atom stereocenters. The van der Waals surface area contributed by atoms with Gasteiger partial charge < -0.3 is 5.11 Å². The Kier molecular flexibility index (Phi) is 3.99. The predicted molar refractivity (Wildman–Crippen MR) is 65.7 cm³/mol. The molecule has 0 heterocycles. The molecule has 1 aliphatic rings. The molecule has 0 saturated heterocycles.